The number of nitrogens with zero attached hydrogens (tertiary/aromatic N) is 1. The summed E-state index contributed by atoms with van der Waals surface area (Å²) >= 11 is 13.4. The van der Waals surface area contributed by atoms with Crippen LogP contribution in [-0.4, -0.2) is 17.4 Å². The Labute approximate surface area is 160 Å². The van der Waals surface area contributed by atoms with Crippen molar-refractivity contribution >= 4 is 40.4 Å². The van der Waals surface area contributed by atoms with Crippen LogP contribution in [0, 0.1) is 6.92 Å². The van der Waals surface area contributed by atoms with Gasteiger partial charge in [-0.3, -0.25) is 4.79 Å². The van der Waals surface area contributed by atoms with Crippen LogP contribution in [0.2, 0.25) is 10.0 Å². The molecule has 1 amide bonds. The van der Waals surface area contributed by atoms with Crippen LogP contribution in [0.25, 0.3) is 11.3 Å². The molecule has 128 valence electrons. The first kappa shape index (κ1) is 17.9. The Kier molecular flexibility index (Phi) is 5.74. The van der Waals surface area contributed by atoms with Gasteiger partial charge in [-0.25, -0.2) is 4.98 Å². The topological polar surface area (TPSA) is 42.0 Å². The molecule has 3 nitrogen and oxygen atoms in total. The first-order chi connectivity index (χ1) is 12.0. The zero-order valence-electron chi connectivity index (χ0n) is 13.6. The van der Waals surface area contributed by atoms with E-state index in [0.29, 0.717) is 22.2 Å². The van der Waals surface area contributed by atoms with E-state index in [4.69, 9.17) is 23.2 Å². The van der Waals surface area contributed by atoms with E-state index in [2.05, 4.69) is 39.9 Å². The van der Waals surface area contributed by atoms with Crippen molar-refractivity contribution in [3.63, 3.8) is 0 Å². The second kappa shape index (κ2) is 8.00. The Morgan fingerprint density at radius 1 is 1.12 bits per heavy atom. The number of hydrogen-bond acceptors (Lipinski definition) is 3. The Hall–Kier alpha value is -1.88. The molecule has 1 aromatic heterocycles. The summed E-state index contributed by atoms with van der Waals surface area (Å²) in [5, 5.41) is 6.82. The van der Waals surface area contributed by atoms with Crippen molar-refractivity contribution in [1.82, 2.24) is 10.3 Å². The van der Waals surface area contributed by atoms with E-state index in [1.807, 2.05) is 6.92 Å². The van der Waals surface area contributed by atoms with Crippen molar-refractivity contribution in [2.24, 2.45) is 0 Å². The number of aryl methyl sites for hydroxylation is 1. The molecule has 0 spiro atoms. The molecule has 0 fully saturated rings. The Balaban J connectivity index is 1.55. The van der Waals surface area contributed by atoms with Crippen molar-refractivity contribution in [1.29, 1.82) is 0 Å². The molecule has 0 saturated heterocycles. The van der Waals surface area contributed by atoms with Gasteiger partial charge in [0.2, 0.25) is 0 Å². The van der Waals surface area contributed by atoms with E-state index in [1.165, 1.54) is 0 Å². The van der Waals surface area contributed by atoms with Gasteiger partial charge in [0, 0.05) is 23.1 Å². The predicted molar refractivity (Wildman–Crippen MR) is 105 cm³/mol. The SMILES string of the molecule is Cc1nc(-c2ccc(CCNC(=O)c3ccc(Cl)c(Cl)c3)cc2)cs1. The third-order valence-corrected chi connectivity index (χ3v) is 5.26. The van der Waals surface area contributed by atoms with Crippen LogP contribution in [0.5, 0.6) is 0 Å². The number of aromatic nitrogens is 1. The maximum Gasteiger partial charge on any atom is 0.251 e. The molecule has 0 aliphatic carbocycles. The normalized spacial score (nSPS) is 10.7. The van der Waals surface area contributed by atoms with Crippen LogP contribution in [-0.2, 0) is 6.42 Å². The highest BCUT2D eigenvalue weighted by atomic mass is 35.5. The second-order valence-corrected chi connectivity index (χ2v) is 7.46. The summed E-state index contributed by atoms with van der Waals surface area (Å²) in [4.78, 5) is 16.6. The van der Waals surface area contributed by atoms with Crippen molar-refractivity contribution in [3.05, 3.63) is 74.0 Å². The van der Waals surface area contributed by atoms with E-state index in [9.17, 15) is 4.79 Å². The molecule has 3 aromatic rings. The average molecular weight is 391 g/mol. The Bertz CT molecular complexity index is 891. The minimum absolute atomic E-state index is 0.159. The molecule has 0 atom stereocenters. The number of hydrogen-bond donors (Lipinski definition) is 1. The molecular weight excluding hydrogens is 375 g/mol. The van der Waals surface area contributed by atoms with Crippen LogP contribution in [0.4, 0.5) is 0 Å². The van der Waals surface area contributed by atoms with E-state index in [-0.39, 0.29) is 5.91 Å². The van der Waals surface area contributed by atoms with Crippen molar-refractivity contribution < 1.29 is 4.79 Å². The molecule has 0 bridgehead atoms. The van der Waals surface area contributed by atoms with E-state index in [0.717, 1.165) is 28.2 Å². The molecule has 3 rings (SSSR count). The molecule has 0 unspecified atom stereocenters. The molecule has 25 heavy (non-hydrogen) atoms. The van der Waals surface area contributed by atoms with E-state index in [1.54, 1.807) is 29.5 Å². The van der Waals surface area contributed by atoms with Gasteiger partial charge in [-0.15, -0.1) is 11.3 Å². The lowest BCUT2D eigenvalue weighted by Gasteiger charge is -2.07. The predicted octanol–water partition coefficient (Wildman–Crippen LogP) is 5.40. The largest absolute Gasteiger partial charge is 0.352 e. The van der Waals surface area contributed by atoms with Crippen LogP contribution in [0.3, 0.4) is 0 Å². The van der Waals surface area contributed by atoms with Gasteiger partial charge < -0.3 is 5.32 Å². The van der Waals surface area contributed by atoms with Gasteiger partial charge in [0.1, 0.15) is 0 Å². The minimum atomic E-state index is -0.159. The molecule has 0 saturated carbocycles. The van der Waals surface area contributed by atoms with E-state index < -0.39 is 0 Å². The highest BCUT2D eigenvalue weighted by molar-refractivity contribution is 7.09. The van der Waals surface area contributed by atoms with Gasteiger partial charge in [0.15, 0.2) is 0 Å². The lowest BCUT2D eigenvalue weighted by molar-refractivity contribution is 0.0954. The number of carbonyl (C=O) groups excluding carboxylic acids is 1. The number of halogens is 2. The maximum atomic E-state index is 12.1. The van der Waals surface area contributed by atoms with Gasteiger partial charge in [-0.2, -0.15) is 0 Å². The quantitative estimate of drug-likeness (QED) is 0.633. The van der Waals surface area contributed by atoms with Crippen molar-refractivity contribution in [2.75, 3.05) is 6.54 Å². The number of carbonyl (C=O) groups is 1. The standard InChI is InChI=1S/C19H16Cl2N2OS/c1-12-23-18(11-25-12)14-4-2-13(3-5-14)8-9-22-19(24)15-6-7-16(20)17(21)10-15/h2-7,10-11H,8-9H2,1H3,(H,22,24). The van der Waals surface area contributed by atoms with Crippen molar-refractivity contribution in [2.45, 2.75) is 13.3 Å². The van der Waals surface area contributed by atoms with E-state index >= 15 is 0 Å². The van der Waals surface area contributed by atoms with Crippen LogP contribution < -0.4 is 5.32 Å². The monoisotopic (exact) mass is 390 g/mol. The summed E-state index contributed by atoms with van der Waals surface area (Å²) in [5.41, 5.74) is 3.77. The first-order valence-electron chi connectivity index (χ1n) is 7.77. The lowest BCUT2D eigenvalue weighted by Crippen LogP contribution is -2.25. The number of nitrogens with one attached hydrogen (secondary N) is 1. The fourth-order valence-electron chi connectivity index (χ4n) is 2.40. The first-order valence-corrected chi connectivity index (χ1v) is 9.41. The fraction of sp³-hybridized carbons (Fsp3) is 0.158. The molecule has 6 heteroatoms. The highest BCUT2D eigenvalue weighted by Crippen LogP contribution is 2.23. The Morgan fingerprint density at radius 2 is 1.88 bits per heavy atom. The molecule has 0 aliphatic rings. The van der Waals surface area contributed by atoms with Gasteiger partial charge in [-0.05, 0) is 37.1 Å². The number of benzene rings is 2. The minimum Gasteiger partial charge on any atom is -0.352 e. The Morgan fingerprint density at radius 3 is 2.52 bits per heavy atom. The van der Waals surface area contributed by atoms with Crippen molar-refractivity contribution in [3.8, 4) is 11.3 Å². The maximum absolute atomic E-state index is 12.1. The van der Waals surface area contributed by atoms with Crippen LogP contribution in [0.1, 0.15) is 20.9 Å². The third kappa shape index (κ3) is 4.60. The van der Waals surface area contributed by atoms with Crippen LogP contribution in [0.15, 0.2) is 47.8 Å². The smallest absolute Gasteiger partial charge is 0.251 e. The van der Waals surface area contributed by atoms with Gasteiger partial charge in [0.25, 0.3) is 5.91 Å². The third-order valence-electron chi connectivity index (χ3n) is 3.75. The molecule has 2 aromatic carbocycles. The number of thiazole rings is 1. The molecular formula is C19H16Cl2N2OS. The zero-order chi connectivity index (χ0) is 17.8. The molecule has 0 radical (unpaired) electrons. The zero-order valence-corrected chi connectivity index (χ0v) is 15.9. The average Bonchev–Trinajstić information content (AvgIpc) is 3.04. The van der Waals surface area contributed by atoms with Gasteiger partial charge in [0.05, 0.1) is 20.7 Å². The summed E-state index contributed by atoms with van der Waals surface area (Å²) in [6, 6.07) is 13.1. The summed E-state index contributed by atoms with van der Waals surface area (Å²) in [5.74, 6) is -0.159. The molecule has 0 aliphatic heterocycles. The summed E-state index contributed by atoms with van der Waals surface area (Å²) < 4.78 is 0. The summed E-state index contributed by atoms with van der Waals surface area (Å²) in [6.45, 7) is 2.55. The highest BCUT2D eigenvalue weighted by Gasteiger charge is 2.08. The second-order valence-electron chi connectivity index (χ2n) is 5.58. The van der Waals surface area contributed by atoms with Gasteiger partial charge in [-0.1, -0.05) is 47.5 Å². The van der Waals surface area contributed by atoms with Gasteiger partial charge >= 0.3 is 0 Å². The lowest BCUT2D eigenvalue weighted by atomic mass is 10.1. The van der Waals surface area contributed by atoms with Crippen LogP contribution >= 0.6 is 34.5 Å². The molecule has 1 N–H and O–H groups in total. The number of amides is 1. The fourth-order valence-corrected chi connectivity index (χ4v) is 3.32. The number of rotatable bonds is 5. The molecule has 1 heterocycles. The summed E-state index contributed by atoms with van der Waals surface area (Å²) in [6.07, 6.45) is 0.753. The summed E-state index contributed by atoms with van der Waals surface area (Å²) in [7, 11) is 0.